The van der Waals surface area contributed by atoms with E-state index < -0.39 is 0 Å². The second-order valence-corrected chi connectivity index (χ2v) is 4.39. The standard InChI is InChI=1S/C12H10N3OP/c16-12-6-5-8(17)7-11(12)15-13-9-3-1-2-4-10(9)14-15/h1-7,16H,17H2. The van der Waals surface area contributed by atoms with Gasteiger partial charge in [-0.05, 0) is 29.6 Å². The molecule has 0 saturated heterocycles. The van der Waals surface area contributed by atoms with Crippen LogP contribution in [0.15, 0.2) is 42.5 Å². The monoisotopic (exact) mass is 243 g/mol. The van der Waals surface area contributed by atoms with Crippen LogP contribution in [0, 0.1) is 0 Å². The summed E-state index contributed by atoms with van der Waals surface area (Å²) in [6, 6.07) is 12.9. The zero-order chi connectivity index (χ0) is 11.8. The Morgan fingerprint density at radius 3 is 2.29 bits per heavy atom. The Balaban J connectivity index is 2.23. The van der Waals surface area contributed by atoms with Crippen LogP contribution in [0.4, 0.5) is 0 Å². The van der Waals surface area contributed by atoms with E-state index in [4.69, 9.17) is 0 Å². The molecule has 0 bridgehead atoms. The molecule has 3 aromatic rings. The van der Waals surface area contributed by atoms with Crippen LogP contribution >= 0.6 is 9.24 Å². The third kappa shape index (κ3) is 1.77. The first-order valence-electron chi connectivity index (χ1n) is 5.15. The van der Waals surface area contributed by atoms with Crippen LogP contribution < -0.4 is 5.30 Å². The highest BCUT2D eigenvalue weighted by atomic mass is 31.0. The van der Waals surface area contributed by atoms with Crippen molar-refractivity contribution in [3.05, 3.63) is 42.5 Å². The molecule has 0 aliphatic heterocycles. The minimum Gasteiger partial charge on any atom is -0.506 e. The fraction of sp³-hybridized carbons (Fsp3) is 0. The van der Waals surface area contributed by atoms with Crippen LogP contribution in [-0.4, -0.2) is 20.1 Å². The zero-order valence-electron chi connectivity index (χ0n) is 8.91. The van der Waals surface area contributed by atoms with Crippen LogP contribution in [0.1, 0.15) is 0 Å². The van der Waals surface area contributed by atoms with Crippen molar-refractivity contribution in [2.75, 3.05) is 0 Å². The summed E-state index contributed by atoms with van der Waals surface area (Å²) < 4.78 is 0. The highest BCUT2D eigenvalue weighted by Gasteiger charge is 2.08. The van der Waals surface area contributed by atoms with Gasteiger partial charge < -0.3 is 5.11 Å². The van der Waals surface area contributed by atoms with Gasteiger partial charge in [0.05, 0.1) is 0 Å². The lowest BCUT2D eigenvalue weighted by atomic mass is 10.3. The molecule has 0 radical (unpaired) electrons. The molecular weight excluding hydrogens is 233 g/mol. The quantitative estimate of drug-likeness (QED) is 0.661. The maximum atomic E-state index is 9.80. The molecule has 1 unspecified atom stereocenters. The average molecular weight is 243 g/mol. The lowest BCUT2D eigenvalue weighted by molar-refractivity contribution is 0.468. The molecule has 0 amide bonds. The van der Waals surface area contributed by atoms with Crippen LogP contribution in [0.5, 0.6) is 5.75 Å². The molecule has 0 saturated carbocycles. The van der Waals surface area contributed by atoms with Gasteiger partial charge in [0, 0.05) is 0 Å². The average Bonchev–Trinajstić information content (AvgIpc) is 2.75. The first kappa shape index (κ1) is 10.2. The van der Waals surface area contributed by atoms with Crippen molar-refractivity contribution < 1.29 is 5.11 Å². The van der Waals surface area contributed by atoms with Gasteiger partial charge in [0.15, 0.2) is 0 Å². The number of nitrogens with zero attached hydrogens (tertiary/aromatic N) is 3. The number of fused-ring (bicyclic) bond motifs is 1. The van der Waals surface area contributed by atoms with E-state index in [1.54, 1.807) is 6.07 Å². The molecule has 84 valence electrons. The smallest absolute Gasteiger partial charge is 0.143 e. The largest absolute Gasteiger partial charge is 0.506 e. The normalized spacial score (nSPS) is 10.9. The number of aromatic nitrogens is 3. The topological polar surface area (TPSA) is 50.9 Å². The van der Waals surface area contributed by atoms with Crippen molar-refractivity contribution in [1.82, 2.24) is 15.0 Å². The number of phenols is 1. The Morgan fingerprint density at radius 2 is 1.65 bits per heavy atom. The van der Waals surface area contributed by atoms with E-state index in [0.29, 0.717) is 5.69 Å². The van der Waals surface area contributed by atoms with Crippen LogP contribution in [0.3, 0.4) is 0 Å². The summed E-state index contributed by atoms with van der Waals surface area (Å²) >= 11 is 0. The lowest BCUT2D eigenvalue weighted by Crippen LogP contribution is -2.02. The van der Waals surface area contributed by atoms with Crippen LogP contribution in [-0.2, 0) is 0 Å². The molecule has 0 aliphatic rings. The summed E-state index contributed by atoms with van der Waals surface area (Å²) in [5.74, 6) is 0.163. The third-order valence-electron chi connectivity index (χ3n) is 2.50. The first-order valence-corrected chi connectivity index (χ1v) is 5.73. The molecule has 5 heteroatoms. The minimum absolute atomic E-state index is 0.163. The predicted octanol–water partition coefficient (Wildman–Crippen LogP) is 1.63. The molecular formula is C12H10N3OP. The number of hydrogen-bond acceptors (Lipinski definition) is 3. The van der Waals surface area contributed by atoms with Crippen molar-refractivity contribution in [2.24, 2.45) is 0 Å². The Labute approximate surface area is 100 Å². The zero-order valence-corrected chi connectivity index (χ0v) is 10.1. The maximum absolute atomic E-state index is 9.80. The Bertz CT molecular complexity index is 660. The molecule has 17 heavy (non-hydrogen) atoms. The van der Waals surface area contributed by atoms with Gasteiger partial charge in [-0.15, -0.1) is 24.2 Å². The van der Waals surface area contributed by atoms with E-state index >= 15 is 0 Å². The molecule has 0 fully saturated rings. The maximum Gasteiger partial charge on any atom is 0.143 e. The Hall–Kier alpha value is -1.93. The van der Waals surface area contributed by atoms with Gasteiger partial charge >= 0.3 is 0 Å². The van der Waals surface area contributed by atoms with E-state index in [0.717, 1.165) is 16.3 Å². The Kier molecular flexibility index (Phi) is 2.30. The molecule has 1 heterocycles. The predicted molar refractivity (Wildman–Crippen MR) is 69.9 cm³/mol. The fourth-order valence-electron chi connectivity index (χ4n) is 1.67. The van der Waals surface area contributed by atoms with Gasteiger partial charge in [-0.3, -0.25) is 0 Å². The first-order chi connectivity index (χ1) is 8.24. The van der Waals surface area contributed by atoms with E-state index in [2.05, 4.69) is 19.4 Å². The second-order valence-electron chi connectivity index (χ2n) is 3.73. The van der Waals surface area contributed by atoms with Gasteiger partial charge in [-0.25, -0.2) is 0 Å². The Morgan fingerprint density at radius 1 is 1.00 bits per heavy atom. The molecule has 4 nitrogen and oxygen atoms in total. The summed E-state index contributed by atoms with van der Waals surface area (Å²) in [6.07, 6.45) is 0. The molecule has 1 aromatic heterocycles. The van der Waals surface area contributed by atoms with E-state index in [-0.39, 0.29) is 5.75 Å². The molecule has 0 spiro atoms. The van der Waals surface area contributed by atoms with Gasteiger partial charge in [0.2, 0.25) is 0 Å². The SMILES string of the molecule is Oc1ccc(P)cc1-n1nc2ccccc2n1. The number of benzene rings is 2. The molecule has 0 aliphatic carbocycles. The molecule has 3 rings (SSSR count). The van der Waals surface area contributed by atoms with E-state index in [1.807, 2.05) is 36.4 Å². The van der Waals surface area contributed by atoms with Crippen molar-refractivity contribution >= 4 is 25.6 Å². The van der Waals surface area contributed by atoms with Gasteiger partial charge in [0.25, 0.3) is 0 Å². The highest BCUT2D eigenvalue weighted by Crippen LogP contribution is 2.20. The minimum atomic E-state index is 0.163. The van der Waals surface area contributed by atoms with Crippen molar-refractivity contribution in [3.63, 3.8) is 0 Å². The number of phenolic OH excluding ortho intramolecular Hbond substituents is 1. The number of hydrogen-bond donors (Lipinski definition) is 1. The lowest BCUT2D eigenvalue weighted by Gasteiger charge is -2.03. The summed E-state index contributed by atoms with van der Waals surface area (Å²) in [5, 5.41) is 19.4. The summed E-state index contributed by atoms with van der Waals surface area (Å²) in [4.78, 5) is 1.45. The fourth-order valence-corrected chi connectivity index (χ4v) is 1.92. The molecule has 1 atom stereocenters. The van der Waals surface area contributed by atoms with E-state index in [1.165, 1.54) is 4.80 Å². The van der Waals surface area contributed by atoms with Crippen LogP contribution in [0.2, 0.25) is 0 Å². The molecule has 1 N–H and O–H groups in total. The van der Waals surface area contributed by atoms with Gasteiger partial charge in [-0.2, -0.15) is 0 Å². The van der Waals surface area contributed by atoms with Crippen LogP contribution in [0.25, 0.3) is 16.7 Å². The van der Waals surface area contributed by atoms with Crippen molar-refractivity contribution in [3.8, 4) is 11.4 Å². The summed E-state index contributed by atoms with van der Waals surface area (Å²) in [6.45, 7) is 0. The second kappa shape index (κ2) is 3.82. The van der Waals surface area contributed by atoms with E-state index in [9.17, 15) is 5.11 Å². The van der Waals surface area contributed by atoms with Gasteiger partial charge in [0.1, 0.15) is 22.5 Å². The summed E-state index contributed by atoms with van der Waals surface area (Å²) in [7, 11) is 2.58. The van der Waals surface area contributed by atoms with Crippen molar-refractivity contribution in [1.29, 1.82) is 0 Å². The number of rotatable bonds is 1. The van der Waals surface area contributed by atoms with Gasteiger partial charge in [-0.1, -0.05) is 18.2 Å². The molecule has 2 aromatic carbocycles. The third-order valence-corrected chi connectivity index (χ3v) is 2.86. The highest BCUT2D eigenvalue weighted by molar-refractivity contribution is 7.27. The number of aromatic hydroxyl groups is 1. The van der Waals surface area contributed by atoms with Crippen molar-refractivity contribution in [2.45, 2.75) is 0 Å². The summed E-state index contributed by atoms with van der Waals surface area (Å²) in [5.41, 5.74) is 2.19.